The molecule has 2 atom stereocenters. The SMILES string of the molecule is COC(=O)CC(C(=O)[C@@H]1CCCN(C(=O)CCC2CCN(C(=O)OC(C)(C)C)CC2)C1)c1cncc(O)c1. The highest BCUT2D eigenvalue weighted by Gasteiger charge is 2.35. The maximum Gasteiger partial charge on any atom is 0.410 e. The third-order valence-corrected chi connectivity index (χ3v) is 7.30. The molecule has 0 bridgehead atoms. The predicted octanol–water partition coefficient (Wildman–Crippen LogP) is 3.67. The molecule has 2 saturated heterocycles. The fourth-order valence-electron chi connectivity index (χ4n) is 5.21. The summed E-state index contributed by atoms with van der Waals surface area (Å²) in [6.45, 7) is 7.73. The number of hydrogen-bond donors (Lipinski definition) is 1. The van der Waals surface area contributed by atoms with E-state index in [1.807, 2.05) is 20.8 Å². The molecular weight excluding hydrogens is 490 g/mol. The number of aromatic hydroxyl groups is 1. The minimum absolute atomic E-state index is 0.0283. The zero-order valence-corrected chi connectivity index (χ0v) is 23.0. The van der Waals surface area contributed by atoms with E-state index in [9.17, 15) is 24.3 Å². The van der Waals surface area contributed by atoms with E-state index in [4.69, 9.17) is 9.47 Å². The van der Waals surface area contributed by atoms with E-state index in [0.29, 0.717) is 56.9 Å². The van der Waals surface area contributed by atoms with Crippen LogP contribution in [0, 0.1) is 11.8 Å². The summed E-state index contributed by atoms with van der Waals surface area (Å²) in [5.74, 6) is -1.55. The van der Waals surface area contributed by atoms with Gasteiger partial charge in [0.2, 0.25) is 5.91 Å². The van der Waals surface area contributed by atoms with Gasteiger partial charge in [-0.25, -0.2) is 4.79 Å². The third kappa shape index (κ3) is 8.43. The molecule has 0 radical (unpaired) electrons. The molecule has 1 unspecified atom stereocenters. The van der Waals surface area contributed by atoms with Gasteiger partial charge in [-0.15, -0.1) is 0 Å². The zero-order chi connectivity index (χ0) is 27.9. The normalized spacial score (nSPS) is 19.5. The number of hydrogen-bond acceptors (Lipinski definition) is 8. The van der Waals surface area contributed by atoms with E-state index in [0.717, 1.165) is 19.3 Å². The average molecular weight is 532 g/mol. The second-order valence-electron chi connectivity index (χ2n) is 11.3. The molecule has 2 aliphatic rings. The van der Waals surface area contributed by atoms with Gasteiger partial charge in [0, 0.05) is 44.7 Å². The van der Waals surface area contributed by atoms with Gasteiger partial charge in [-0.3, -0.25) is 19.4 Å². The first-order valence-electron chi connectivity index (χ1n) is 13.5. The first kappa shape index (κ1) is 29.4. The van der Waals surface area contributed by atoms with Crippen molar-refractivity contribution in [3.05, 3.63) is 24.0 Å². The van der Waals surface area contributed by atoms with Gasteiger partial charge >= 0.3 is 12.1 Å². The van der Waals surface area contributed by atoms with Crippen molar-refractivity contribution in [1.82, 2.24) is 14.8 Å². The highest BCUT2D eigenvalue weighted by Crippen LogP contribution is 2.31. The summed E-state index contributed by atoms with van der Waals surface area (Å²) in [7, 11) is 1.27. The Morgan fingerprint density at radius 1 is 1.08 bits per heavy atom. The van der Waals surface area contributed by atoms with Gasteiger partial charge in [-0.2, -0.15) is 0 Å². The molecule has 0 aromatic carbocycles. The maximum absolute atomic E-state index is 13.5. The summed E-state index contributed by atoms with van der Waals surface area (Å²) in [5.41, 5.74) is -0.0609. The van der Waals surface area contributed by atoms with E-state index >= 15 is 0 Å². The number of aromatic nitrogens is 1. The van der Waals surface area contributed by atoms with Crippen LogP contribution in [0.1, 0.15) is 77.2 Å². The standard InChI is InChI=1S/C28H41N3O7/c1-28(2,3)38-27(36)30-12-9-19(10-13-30)7-8-24(33)31-11-5-6-20(18-31)26(35)23(15-25(34)37-4)21-14-22(32)17-29-16-21/h14,16-17,19-20,23,32H,5-13,15,18H2,1-4H3/t20-,23?/m1/s1. The zero-order valence-electron chi connectivity index (χ0n) is 23.0. The Hall–Kier alpha value is -3.17. The van der Waals surface area contributed by atoms with Gasteiger partial charge in [-0.05, 0) is 70.4 Å². The molecule has 0 saturated carbocycles. The monoisotopic (exact) mass is 531 g/mol. The topological polar surface area (TPSA) is 126 Å². The number of likely N-dealkylation sites (tertiary alicyclic amines) is 2. The molecule has 2 amide bonds. The van der Waals surface area contributed by atoms with Crippen LogP contribution >= 0.6 is 0 Å². The number of pyridine rings is 1. The molecule has 1 N–H and O–H groups in total. The Kier molecular flexibility index (Phi) is 10.1. The van der Waals surface area contributed by atoms with E-state index in [2.05, 4.69) is 4.98 Å². The van der Waals surface area contributed by atoms with E-state index in [-0.39, 0.29) is 30.0 Å². The number of ether oxygens (including phenoxy) is 2. The van der Waals surface area contributed by atoms with Crippen LogP contribution in [0.15, 0.2) is 18.5 Å². The summed E-state index contributed by atoms with van der Waals surface area (Å²) in [6, 6.07) is 1.44. The lowest BCUT2D eigenvalue weighted by Gasteiger charge is -2.35. The first-order chi connectivity index (χ1) is 18.0. The number of carbonyl (C=O) groups excluding carboxylic acids is 4. The average Bonchev–Trinajstić information content (AvgIpc) is 2.89. The van der Waals surface area contributed by atoms with Crippen molar-refractivity contribution in [3.63, 3.8) is 0 Å². The fraction of sp³-hybridized carbons (Fsp3) is 0.679. The molecule has 1 aromatic heterocycles. The molecule has 38 heavy (non-hydrogen) atoms. The minimum Gasteiger partial charge on any atom is -0.506 e. The number of Topliss-reactive ketones (excluding diaryl/α,β-unsaturated/α-hetero) is 1. The number of piperidine rings is 2. The fourth-order valence-corrected chi connectivity index (χ4v) is 5.21. The Morgan fingerprint density at radius 3 is 2.42 bits per heavy atom. The summed E-state index contributed by atoms with van der Waals surface area (Å²) in [5, 5.41) is 9.84. The second kappa shape index (κ2) is 13.1. The molecule has 10 heteroatoms. The van der Waals surface area contributed by atoms with E-state index in [1.54, 1.807) is 9.80 Å². The Morgan fingerprint density at radius 2 is 1.79 bits per heavy atom. The van der Waals surface area contributed by atoms with Gasteiger partial charge in [0.25, 0.3) is 0 Å². The van der Waals surface area contributed by atoms with Crippen LogP contribution in [-0.2, 0) is 23.9 Å². The molecular formula is C28H41N3O7. The van der Waals surface area contributed by atoms with Gasteiger partial charge in [0.1, 0.15) is 17.1 Å². The lowest BCUT2D eigenvalue weighted by Crippen LogP contribution is -2.44. The van der Waals surface area contributed by atoms with Gasteiger partial charge in [0.05, 0.1) is 25.6 Å². The summed E-state index contributed by atoms with van der Waals surface area (Å²) < 4.78 is 10.2. The first-order valence-corrected chi connectivity index (χ1v) is 13.5. The van der Waals surface area contributed by atoms with Crippen molar-refractivity contribution in [2.45, 2.75) is 77.2 Å². The minimum atomic E-state index is -0.794. The quantitative estimate of drug-likeness (QED) is 0.504. The van der Waals surface area contributed by atoms with Crippen LogP contribution in [0.4, 0.5) is 4.79 Å². The Bertz CT molecular complexity index is 998. The number of rotatable bonds is 8. The van der Waals surface area contributed by atoms with Crippen LogP contribution < -0.4 is 0 Å². The van der Waals surface area contributed by atoms with Gasteiger partial charge < -0.3 is 24.4 Å². The summed E-state index contributed by atoms with van der Waals surface area (Å²) in [6.07, 6.45) is 6.47. The number of ketones is 1. The molecule has 1 aromatic rings. The maximum atomic E-state index is 13.5. The van der Waals surface area contributed by atoms with Crippen molar-refractivity contribution >= 4 is 23.8 Å². The van der Waals surface area contributed by atoms with Crippen molar-refractivity contribution < 1.29 is 33.8 Å². The number of nitrogens with zero attached hydrogens (tertiary/aromatic N) is 3. The Labute approximate surface area is 224 Å². The highest BCUT2D eigenvalue weighted by molar-refractivity contribution is 5.92. The molecule has 0 aliphatic carbocycles. The molecule has 0 spiro atoms. The predicted molar refractivity (Wildman–Crippen MR) is 139 cm³/mol. The third-order valence-electron chi connectivity index (χ3n) is 7.30. The van der Waals surface area contributed by atoms with Crippen molar-refractivity contribution in [1.29, 1.82) is 0 Å². The molecule has 2 fully saturated rings. The summed E-state index contributed by atoms with van der Waals surface area (Å²) in [4.78, 5) is 58.4. The number of esters is 1. The highest BCUT2D eigenvalue weighted by atomic mass is 16.6. The number of amides is 2. The number of methoxy groups -OCH3 is 1. The number of carbonyl (C=O) groups is 4. The lowest BCUT2D eigenvalue weighted by atomic mass is 9.82. The second-order valence-corrected chi connectivity index (χ2v) is 11.3. The molecule has 3 heterocycles. The van der Waals surface area contributed by atoms with Crippen LogP contribution in [0.2, 0.25) is 0 Å². The van der Waals surface area contributed by atoms with E-state index < -0.39 is 23.4 Å². The van der Waals surface area contributed by atoms with Crippen LogP contribution in [0.25, 0.3) is 0 Å². The van der Waals surface area contributed by atoms with Gasteiger partial charge in [0.15, 0.2) is 0 Å². The van der Waals surface area contributed by atoms with Crippen LogP contribution in [0.3, 0.4) is 0 Å². The molecule has 2 aliphatic heterocycles. The van der Waals surface area contributed by atoms with Crippen LogP contribution in [-0.4, -0.2) is 82.5 Å². The molecule has 10 nitrogen and oxygen atoms in total. The lowest BCUT2D eigenvalue weighted by molar-refractivity contribution is -0.144. The van der Waals surface area contributed by atoms with Crippen molar-refractivity contribution in [2.24, 2.45) is 11.8 Å². The van der Waals surface area contributed by atoms with Crippen molar-refractivity contribution in [2.75, 3.05) is 33.3 Å². The van der Waals surface area contributed by atoms with Gasteiger partial charge in [-0.1, -0.05) is 0 Å². The largest absolute Gasteiger partial charge is 0.506 e. The molecule has 3 rings (SSSR count). The smallest absolute Gasteiger partial charge is 0.410 e. The molecule has 210 valence electrons. The Balaban J connectivity index is 1.52. The van der Waals surface area contributed by atoms with Crippen LogP contribution in [0.5, 0.6) is 5.75 Å². The van der Waals surface area contributed by atoms with E-state index in [1.165, 1.54) is 25.6 Å². The van der Waals surface area contributed by atoms with Crippen molar-refractivity contribution in [3.8, 4) is 5.75 Å². The summed E-state index contributed by atoms with van der Waals surface area (Å²) >= 11 is 0.